The zero-order chi connectivity index (χ0) is 17.4. The number of methoxy groups -OCH3 is 1. The average molecular weight is 381 g/mol. The van der Waals surface area contributed by atoms with Crippen molar-refractivity contribution in [2.24, 2.45) is 0 Å². The van der Waals surface area contributed by atoms with Crippen LogP contribution in [-0.4, -0.2) is 30.5 Å². The number of benzene rings is 2. The van der Waals surface area contributed by atoms with Gasteiger partial charge in [-0.3, -0.25) is 0 Å². The summed E-state index contributed by atoms with van der Waals surface area (Å²) in [5.41, 5.74) is 0.972. The fourth-order valence-corrected chi connectivity index (χ4v) is 3.05. The summed E-state index contributed by atoms with van der Waals surface area (Å²) in [6.45, 7) is 0.708. The number of hydrogen-bond donors (Lipinski definition) is 2. The summed E-state index contributed by atoms with van der Waals surface area (Å²) in [5, 5.41) is 7.04. The SMILES string of the molecule is COC(=O)c1ccc(Cl)c(NC(=S)NCCSc2ccccc2)c1. The highest BCUT2D eigenvalue weighted by atomic mass is 35.5. The molecule has 0 saturated carbocycles. The third-order valence-corrected chi connectivity index (χ3v) is 4.62. The zero-order valence-electron chi connectivity index (χ0n) is 13.0. The molecular formula is C17H17ClN2O2S2. The Bertz CT molecular complexity index is 711. The van der Waals surface area contributed by atoms with E-state index in [0.717, 1.165) is 5.75 Å². The molecule has 0 bridgehead atoms. The minimum atomic E-state index is -0.423. The molecular weight excluding hydrogens is 364 g/mol. The van der Waals surface area contributed by atoms with Crippen molar-refractivity contribution >= 4 is 52.3 Å². The maximum atomic E-state index is 11.6. The van der Waals surface area contributed by atoms with Gasteiger partial charge < -0.3 is 15.4 Å². The molecule has 4 nitrogen and oxygen atoms in total. The quantitative estimate of drug-likeness (QED) is 0.339. The van der Waals surface area contributed by atoms with E-state index in [1.54, 1.807) is 30.0 Å². The van der Waals surface area contributed by atoms with E-state index in [-0.39, 0.29) is 0 Å². The van der Waals surface area contributed by atoms with Gasteiger partial charge in [0.25, 0.3) is 0 Å². The van der Waals surface area contributed by atoms with Gasteiger partial charge in [0, 0.05) is 17.2 Å². The summed E-state index contributed by atoms with van der Waals surface area (Å²) in [4.78, 5) is 12.8. The minimum absolute atomic E-state index is 0.409. The molecule has 7 heteroatoms. The van der Waals surface area contributed by atoms with Crippen molar-refractivity contribution in [3.8, 4) is 0 Å². The number of ether oxygens (including phenoxy) is 1. The number of esters is 1. The van der Waals surface area contributed by atoms with Gasteiger partial charge >= 0.3 is 5.97 Å². The second-order valence-corrected chi connectivity index (χ2v) is 6.71. The fraction of sp³-hybridized carbons (Fsp3) is 0.176. The first-order valence-electron chi connectivity index (χ1n) is 7.20. The van der Waals surface area contributed by atoms with Crippen LogP contribution in [0.3, 0.4) is 0 Å². The van der Waals surface area contributed by atoms with Crippen LogP contribution in [0, 0.1) is 0 Å². The first kappa shape index (κ1) is 18.6. The molecule has 2 aromatic rings. The number of thiocarbonyl (C=S) groups is 1. The first-order chi connectivity index (χ1) is 11.6. The highest BCUT2D eigenvalue weighted by Gasteiger charge is 2.09. The molecule has 0 unspecified atom stereocenters. The van der Waals surface area contributed by atoms with Crippen LogP contribution < -0.4 is 10.6 Å². The third-order valence-electron chi connectivity index (χ3n) is 3.04. The molecule has 126 valence electrons. The number of thioether (sulfide) groups is 1. The normalized spacial score (nSPS) is 10.1. The molecule has 0 saturated heterocycles. The number of hydrogen-bond acceptors (Lipinski definition) is 4. The van der Waals surface area contributed by atoms with Crippen molar-refractivity contribution in [3.05, 3.63) is 59.1 Å². The molecule has 0 aliphatic carbocycles. The lowest BCUT2D eigenvalue weighted by Crippen LogP contribution is -2.30. The molecule has 2 N–H and O–H groups in total. The van der Waals surface area contributed by atoms with Crippen LogP contribution in [0.4, 0.5) is 5.69 Å². The molecule has 2 aromatic carbocycles. The number of anilines is 1. The van der Waals surface area contributed by atoms with E-state index in [2.05, 4.69) is 22.8 Å². The standard InChI is InChI=1S/C17H17ClN2O2S2/c1-22-16(21)12-7-8-14(18)15(11-12)20-17(23)19-9-10-24-13-5-3-2-4-6-13/h2-8,11H,9-10H2,1H3,(H2,19,20,23). The van der Waals surface area contributed by atoms with Crippen LogP contribution in [0.15, 0.2) is 53.4 Å². The predicted molar refractivity (Wildman–Crippen MR) is 104 cm³/mol. The summed E-state index contributed by atoms with van der Waals surface area (Å²) in [5.74, 6) is 0.453. The number of carbonyl (C=O) groups is 1. The lowest BCUT2D eigenvalue weighted by molar-refractivity contribution is 0.0601. The number of halogens is 1. The molecule has 0 amide bonds. The Hall–Kier alpha value is -1.76. The van der Waals surface area contributed by atoms with Gasteiger partial charge in [0.15, 0.2) is 5.11 Å². The van der Waals surface area contributed by atoms with Crippen LogP contribution in [0.1, 0.15) is 10.4 Å². The summed E-state index contributed by atoms with van der Waals surface area (Å²) in [7, 11) is 1.33. The van der Waals surface area contributed by atoms with Crippen LogP contribution in [0.25, 0.3) is 0 Å². The second kappa shape index (κ2) is 9.52. The largest absolute Gasteiger partial charge is 0.465 e. The Morgan fingerprint density at radius 3 is 2.71 bits per heavy atom. The molecule has 0 heterocycles. The van der Waals surface area contributed by atoms with Gasteiger partial charge in [0.1, 0.15) is 0 Å². The summed E-state index contributed by atoms with van der Waals surface area (Å²) >= 11 is 13.1. The summed E-state index contributed by atoms with van der Waals surface area (Å²) in [6.07, 6.45) is 0. The van der Waals surface area contributed by atoms with E-state index in [9.17, 15) is 4.79 Å². The molecule has 2 rings (SSSR count). The summed E-state index contributed by atoms with van der Waals surface area (Å²) < 4.78 is 4.70. The highest BCUT2D eigenvalue weighted by Crippen LogP contribution is 2.23. The van der Waals surface area contributed by atoms with Crippen molar-refractivity contribution in [2.75, 3.05) is 24.7 Å². The van der Waals surface area contributed by atoms with Crippen molar-refractivity contribution in [1.29, 1.82) is 0 Å². The number of rotatable bonds is 6. The maximum absolute atomic E-state index is 11.6. The molecule has 24 heavy (non-hydrogen) atoms. The molecule has 0 spiro atoms. The molecule has 0 aliphatic rings. The van der Waals surface area contributed by atoms with Gasteiger partial charge in [-0.15, -0.1) is 11.8 Å². The van der Waals surface area contributed by atoms with Gasteiger partial charge in [-0.25, -0.2) is 4.79 Å². The van der Waals surface area contributed by atoms with Crippen molar-refractivity contribution in [1.82, 2.24) is 5.32 Å². The first-order valence-corrected chi connectivity index (χ1v) is 8.98. The molecule has 0 aromatic heterocycles. The van der Waals surface area contributed by atoms with E-state index in [1.807, 2.05) is 18.2 Å². The van der Waals surface area contributed by atoms with Crippen LogP contribution in [0.2, 0.25) is 5.02 Å². The van der Waals surface area contributed by atoms with E-state index in [1.165, 1.54) is 12.0 Å². The smallest absolute Gasteiger partial charge is 0.337 e. The van der Waals surface area contributed by atoms with Gasteiger partial charge in [0.2, 0.25) is 0 Å². The molecule has 0 atom stereocenters. The predicted octanol–water partition coefficient (Wildman–Crippen LogP) is 4.21. The van der Waals surface area contributed by atoms with Gasteiger partial charge in [-0.05, 0) is 42.5 Å². The fourth-order valence-electron chi connectivity index (χ4n) is 1.88. The van der Waals surface area contributed by atoms with E-state index in [4.69, 9.17) is 28.6 Å². The zero-order valence-corrected chi connectivity index (χ0v) is 15.4. The monoisotopic (exact) mass is 380 g/mol. The van der Waals surface area contributed by atoms with Crippen molar-refractivity contribution < 1.29 is 9.53 Å². The Labute approximate surface area is 155 Å². The Kier molecular flexibility index (Phi) is 7.36. The second-order valence-electron chi connectivity index (χ2n) is 4.73. The van der Waals surface area contributed by atoms with E-state index in [0.29, 0.717) is 27.9 Å². The molecule has 0 aliphatic heterocycles. The number of carbonyl (C=O) groups excluding carboxylic acids is 1. The van der Waals surface area contributed by atoms with Crippen molar-refractivity contribution in [3.63, 3.8) is 0 Å². The number of nitrogens with one attached hydrogen (secondary N) is 2. The van der Waals surface area contributed by atoms with Crippen LogP contribution in [-0.2, 0) is 4.74 Å². The van der Waals surface area contributed by atoms with E-state index >= 15 is 0 Å². The Balaban J connectivity index is 1.82. The summed E-state index contributed by atoms with van der Waals surface area (Å²) in [6, 6.07) is 15.0. The highest BCUT2D eigenvalue weighted by molar-refractivity contribution is 7.99. The van der Waals surface area contributed by atoms with Crippen LogP contribution in [0.5, 0.6) is 0 Å². The lowest BCUT2D eigenvalue weighted by atomic mass is 10.2. The Morgan fingerprint density at radius 2 is 2.00 bits per heavy atom. The topological polar surface area (TPSA) is 50.4 Å². The van der Waals surface area contributed by atoms with Gasteiger partial charge in [-0.2, -0.15) is 0 Å². The molecule has 0 fully saturated rings. The maximum Gasteiger partial charge on any atom is 0.337 e. The van der Waals surface area contributed by atoms with Crippen LogP contribution >= 0.6 is 35.6 Å². The van der Waals surface area contributed by atoms with Gasteiger partial charge in [0.05, 0.1) is 23.4 Å². The lowest BCUT2D eigenvalue weighted by Gasteiger charge is -2.12. The van der Waals surface area contributed by atoms with Gasteiger partial charge in [-0.1, -0.05) is 29.8 Å². The molecule has 0 radical (unpaired) electrons. The Morgan fingerprint density at radius 1 is 1.25 bits per heavy atom. The minimum Gasteiger partial charge on any atom is -0.465 e. The van der Waals surface area contributed by atoms with E-state index < -0.39 is 5.97 Å². The average Bonchev–Trinajstić information content (AvgIpc) is 2.61. The van der Waals surface area contributed by atoms with Crippen molar-refractivity contribution in [2.45, 2.75) is 4.90 Å². The third kappa shape index (κ3) is 5.70.